The normalized spacial score (nSPS) is 10.5. The number of hydrogen-bond acceptors (Lipinski definition) is 5. The minimum Gasteiger partial charge on any atom is -0.351 e. The molecule has 1 N–H and O–H groups in total. The lowest BCUT2D eigenvalue weighted by atomic mass is 10.3. The molecule has 2 amide bonds. The van der Waals surface area contributed by atoms with E-state index in [1.807, 2.05) is 31.4 Å². The Bertz CT molecular complexity index is 638. The number of amides is 2. The highest BCUT2D eigenvalue weighted by atomic mass is 32.1. The molecule has 0 saturated carbocycles. The van der Waals surface area contributed by atoms with Gasteiger partial charge in [0.1, 0.15) is 10.7 Å². The quantitative estimate of drug-likeness (QED) is 0.793. The highest BCUT2D eigenvalue weighted by Gasteiger charge is 2.18. The molecule has 0 spiro atoms. The number of thiazole rings is 1. The third-order valence-corrected chi connectivity index (χ3v) is 4.85. The van der Waals surface area contributed by atoms with Crippen molar-refractivity contribution in [3.05, 3.63) is 38.5 Å². The maximum Gasteiger partial charge on any atom is 0.270 e. The van der Waals surface area contributed by atoms with Gasteiger partial charge >= 0.3 is 0 Å². The Morgan fingerprint density at radius 2 is 2.09 bits per heavy atom. The van der Waals surface area contributed by atoms with E-state index in [0.29, 0.717) is 25.3 Å². The second-order valence-electron chi connectivity index (χ2n) is 5.09. The number of carbonyl (C=O) groups excluding carboxylic acids is 2. The van der Waals surface area contributed by atoms with Crippen LogP contribution in [-0.4, -0.2) is 34.8 Å². The van der Waals surface area contributed by atoms with Gasteiger partial charge in [0.05, 0.1) is 11.4 Å². The summed E-state index contributed by atoms with van der Waals surface area (Å²) in [5.74, 6) is -0.130. The third kappa shape index (κ3) is 4.87. The van der Waals surface area contributed by atoms with Gasteiger partial charge in [-0.3, -0.25) is 9.59 Å². The average molecular weight is 351 g/mol. The maximum atomic E-state index is 12.5. The van der Waals surface area contributed by atoms with Crippen molar-refractivity contribution in [3.63, 3.8) is 0 Å². The van der Waals surface area contributed by atoms with Crippen molar-refractivity contribution in [2.75, 3.05) is 13.1 Å². The Balaban J connectivity index is 2.04. The van der Waals surface area contributed by atoms with Crippen LogP contribution in [-0.2, 0) is 6.54 Å². The molecule has 5 nitrogen and oxygen atoms in total. The molecule has 0 aliphatic rings. The molecule has 2 rings (SSSR count). The number of nitrogens with one attached hydrogen (secondary N) is 1. The van der Waals surface area contributed by atoms with Crippen molar-refractivity contribution in [3.8, 4) is 0 Å². The van der Waals surface area contributed by atoms with Crippen LogP contribution < -0.4 is 5.32 Å². The van der Waals surface area contributed by atoms with Crippen LogP contribution in [0, 0.1) is 0 Å². The molecule has 0 aliphatic heterocycles. The van der Waals surface area contributed by atoms with E-state index in [-0.39, 0.29) is 11.8 Å². The van der Waals surface area contributed by atoms with Crippen molar-refractivity contribution >= 4 is 34.5 Å². The molecule has 0 bridgehead atoms. The van der Waals surface area contributed by atoms with Gasteiger partial charge in [0.15, 0.2) is 0 Å². The first-order valence-corrected chi connectivity index (χ1v) is 9.47. The Morgan fingerprint density at radius 1 is 1.26 bits per heavy atom. The number of thiophene rings is 1. The number of aromatic nitrogens is 1. The Morgan fingerprint density at radius 3 is 2.74 bits per heavy atom. The van der Waals surface area contributed by atoms with E-state index < -0.39 is 0 Å². The summed E-state index contributed by atoms with van der Waals surface area (Å²) >= 11 is 2.86. The summed E-state index contributed by atoms with van der Waals surface area (Å²) in [6.45, 7) is 5.81. The fraction of sp³-hybridized carbons (Fsp3) is 0.438. The summed E-state index contributed by atoms with van der Waals surface area (Å²) in [5.41, 5.74) is 0.429. The van der Waals surface area contributed by atoms with Crippen LogP contribution in [0.4, 0.5) is 0 Å². The van der Waals surface area contributed by atoms with Crippen LogP contribution in [0.5, 0.6) is 0 Å². The van der Waals surface area contributed by atoms with Crippen molar-refractivity contribution in [1.29, 1.82) is 0 Å². The lowest BCUT2D eigenvalue weighted by Gasteiger charge is -2.20. The number of rotatable bonds is 8. The van der Waals surface area contributed by atoms with E-state index in [4.69, 9.17) is 0 Å². The van der Waals surface area contributed by atoms with Crippen molar-refractivity contribution in [2.45, 2.75) is 33.2 Å². The molecule has 0 aromatic carbocycles. The zero-order valence-corrected chi connectivity index (χ0v) is 15.0. The lowest BCUT2D eigenvalue weighted by molar-refractivity contribution is 0.0748. The van der Waals surface area contributed by atoms with Gasteiger partial charge in [-0.15, -0.1) is 22.7 Å². The fourth-order valence-corrected chi connectivity index (χ4v) is 3.54. The third-order valence-electron chi connectivity index (χ3n) is 3.16. The number of nitrogens with zero attached hydrogens (tertiary/aromatic N) is 2. The summed E-state index contributed by atoms with van der Waals surface area (Å²) < 4.78 is 0. The monoisotopic (exact) mass is 351 g/mol. The first-order chi connectivity index (χ1) is 11.2. The maximum absolute atomic E-state index is 12.5. The molecule has 2 aromatic rings. The molecule has 0 fully saturated rings. The molecule has 0 unspecified atom stereocenters. The molecule has 7 heteroatoms. The van der Waals surface area contributed by atoms with E-state index in [9.17, 15) is 9.59 Å². The first kappa shape index (κ1) is 17.6. The predicted molar refractivity (Wildman–Crippen MR) is 94.1 cm³/mol. The SMILES string of the molecule is CCCNC(=O)c1csc(CN(CCC)C(=O)c2cccs2)n1. The molecule has 2 heterocycles. The van der Waals surface area contributed by atoms with Crippen LogP contribution in [0.25, 0.3) is 0 Å². The van der Waals surface area contributed by atoms with E-state index in [2.05, 4.69) is 10.3 Å². The van der Waals surface area contributed by atoms with Crippen molar-refractivity contribution in [2.24, 2.45) is 0 Å². The summed E-state index contributed by atoms with van der Waals surface area (Å²) in [4.78, 5) is 31.3. The van der Waals surface area contributed by atoms with Crippen LogP contribution >= 0.6 is 22.7 Å². The van der Waals surface area contributed by atoms with Gasteiger partial charge in [-0.1, -0.05) is 19.9 Å². The first-order valence-electron chi connectivity index (χ1n) is 7.71. The molecule has 0 saturated heterocycles. The van der Waals surface area contributed by atoms with Crippen LogP contribution in [0.15, 0.2) is 22.9 Å². The van der Waals surface area contributed by atoms with Crippen LogP contribution in [0.3, 0.4) is 0 Å². The molecule has 23 heavy (non-hydrogen) atoms. The molecule has 0 atom stereocenters. The smallest absolute Gasteiger partial charge is 0.270 e. The molecule has 0 radical (unpaired) electrons. The fourth-order valence-electron chi connectivity index (χ4n) is 2.06. The zero-order valence-electron chi connectivity index (χ0n) is 13.4. The molecule has 0 aliphatic carbocycles. The Kier molecular flexibility index (Phi) is 6.73. The summed E-state index contributed by atoms with van der Waals surface area (Å²) in [6.07, 6.45) is 1.77. The zero-order chi connectivity index (χ0) is 16.7. The van der Waals surface area contributed by atoms with E-state index >= 15 is 0 Å². The van der Waals surface area contributed by atoms with Gasteiger partial charge in [-0.25, -0.2) is 4.98 Å². The van der Waals surface area contributed by atoms with E-state index in [0.717, 1.165) is 22.7 Å². The van der Waals surface area contributed by atoms with Crippen LogP contribution in [0.2, 0.25) is 0 Å². The lowest BCUT2D eigenvalue weighted by Crippen LogP contribution is -2.30. The summed E-state index contributed by atoms with van der Waals surface area (Å²) in [6, 6.07) is 3.71. The highest BCUT2D eigenvalue weighted by Crippen LogP contribution is 2.17. The molecular weight excluding hydrogens is 330 g/mol. The Hall–Kier alpha value is -1.73. The van der Waals surface area contributed by atoms with Crippen molar-refractivity contribution in [1.82, 2.24) is 15.2 Å². The van der Waals surface area contributed by atoms with Gasteiger partial charge in [-0.2, -0.15) is 0 Å². The van der Waals surface area contributed by atoms with Crippen LogP contribution in [0.1, 0.15) is 51.9 Å². The highest BCUT2D eigenvalue weighted by molar-refractivity contribution is 7.12. The topological polar surface area (TPSA) is 62.3 Å². The second-order valence-corrected chi connectivity index (χ2v) is 6.98. The largest absolute Gasteiger partial charge is 0.351 e. The standard InChI is InChI=1S/C16H21N3O2S2/c1-3-7-17-15(20)12-11-23-14(18-12)10-19(8-4-2)16(21)13-6-5-9-22-13/h5-6,9,11H,3-4,7-8,10H2,1-2H3,(H,17,20). The van der Waals surface area contributed by atoms with E-state index in [1.54, 1.807) is 10.3 Å². The van der Waals surface area contributed by atoms with Gasteiger partial charge < -0.3 is 10.2 Å². The molecular formula is C16H21N3O2S2. The minimum absolute atomic E-state index is 0.0223. The van der Waals surface area contributed by atoms with Crippen molar-refractivity contribution < 1.29 is 9.59 Å². The summed E-state index contributed by atoms with van der Waals surface area (Å²) in [7, 11) is 0. The Labute approximate surface area is 144 Å². The number of hydrogen-bond donors (Lipinski definition) is 1. The second kappa shape index (κ2) is 8.79. The van der Waals surface area contributed by atoms with Gasteiger partial charge in [0, 0.05) is 18.5 Å². The molecule has 124 valence electrons. The summed E-state index contributed by atoms with van der Waals surface area (Å²) in [5, 5.41) is 7.24. The molecule has 2 aromatic heterocycles. The average Bonchev–Trinajstić information content (AvgIpc) is 3.23. The number of carbonyl (C=O) groups is 2. The van der Waals surface area contributed by atoms with Gasteiger partial charge in [-0.05, 0) is 24.3 Å². The minimum atomic E-state index is -0.152. The predicted octanol–water partition coefficient (Wildman–Crippen LogP) is 3.40. The van der Waals surface area contributed by atoms with Gasteiger partial charge in [0.25, 0.3) is 11.8 Å². The van der Waals surface area contributed by atoms with E-state index in [1.165, 1.54) is 22.7 Å². The van der Waals surface area contributed by atoms with Gasteiger partial charge in [0.2, 0.25) is 0 Å².